The first-order chi connectivity index (χ1) is 6.90. The van der Waals surface area contributed by atoms with Crippen molar-refractivity contribution in [3.63, 3.8) is 0 Å². The van der Waals surface area contributed by atoms with Gasteiger partial charge in [0.1, 0.15) is 0 Å². The minimum atomic E-state index is 0.933. The minimum Gasteiger partial charge on any atom is -0.257 e. The Bertz CT molecular complexity index is 392. The van der Waals surface area contributed by atoms with Gasteiger partial charge in [-0.15, -0.1) is 0 Å². The molecule has 0 amide bonds. The van der Waals surface area contributed by atoms with Crippen LogP contribution in [-0.4, -0.2) is 9.97 Å². The lowest BCUT2D eigenvalue weighted by Gasteiger charge is -2.00. The highest BCUT2D eigenvalue weighted by atomic mass is 14.8. The normalized spacial score (nSPS) is 10.1. The lowest BCUT2D eigenvalue weighted by atomic mass is 10.2. The van der Waals surface area contributed by atoms with Crippen LogP contribution in [0.1, 0.15) is 12.6 Å². The molecule has 1 heterocycles. The van der Waals surface area contributed by atoms with Gasteiger partial charge in [0, 0.05) is 11.8 Å². The molecule has 2 heteroatoms. The van der Waals surface area contributed by atoms with E-state index in [9.17, 15) is 0 Å². The van der Waals surface area contributed by atoms with Crippen molar-refractivity contribution in [2.45, 2.75) is 13.3 Å². The molecule has 0 saturated heterocycles. The zero-order valence-electron chi connectivity index (χ0n) is 8.14. The standard InChI is InChI=1S/C12H12N2/c1-2-11-8-14-12(9-13-11)10-6-4-3-5-7-10/h3-9H,2H2,1H3. The molecule has 14 heavy (non-hydrogen) atoms. The summed E-state index contributed by atoms with van der Waals surface area (Å²) in [5.41, 5.74) is 3.08. The predicted molar refractivity (Wildman–Crippen MR) is 56.8 cm³/mol. The van der Waals surface area contributed by atoms with Crippen molar-refractivity contribution in [3.8, 4) is 11.3 Å². The van der Waals surface area contributed by atoms with Crippen LogP contribution in [0.4, 0.5) is 0 Å². The molecule has 0 saturated carbocycles. The average molecular weight is 184 g/mol. The van der Waals surface area contributed by atoms with Crippen LogP contribution in [0.2, 0.25) is 0 Å². The Morgan fingerprint density at radius 2 is 1.79 bits per heavy atom. The Balaban J connectivity index is 2.34. The highest BCUT2D eigenvalue weighted by Gasteiger charge is 1.98. The summed E-state index contributed by atoms with van der Waals surface area (Å²) >= 11 is 0. The average Bonchev–Trinajstić information content (AvgIpc) is 2.30. The fourth-order valence-electron chi connectivity index (χ4n) is 1.30. The van der Waals surface area contributed by atoms with Crippen molar-refractivity contribution >= 4 is 0 Å². The lowest BCUT2D eigenvalue weighted by molar-refractivity contribution is 1.00. The summed E-state index contributed by atoms with van der Waals surface area (Å²) in [6.07, 6.45) is 4.60. The van der Waals surface area contributed by atoms with Gasteiger partial charge in [0.2, 0.25) is 0 Å². The highest BCUT2D eigenvalue weighted by Crippen LogP contribution is 2.14. The van der Waals surface area contributed by atoms with Gasteiger partial charge in [-0.1, -0.05) is 37.3 Å². The van der Waals surface area contributed by atoms with Gasteiger partial charge in [0.05, 0.1) is 17.6 Å². The first kappa shape index (κ1) is 8.88. The van der Waals surface area contributed by atoms with Gasteiger partial charge in [0.25, 0.3) is 0 Å². The number of nitrogens with zero attached hydrogens (tertiary/aromatic N) is 2. The van der Waals surface area contributed by atoms with Crippen LogP contribution in [0.25, 0.3) is 11.3 Å². The van der Waals surface area contributed by atoms with Gasteiger partial charge in [-0.2, -0.15) is 0 Å². The smallest absolute Gasteiger partial charge is 0.0885 e. The fourth-order valence-corrected chi connectivity index (χ4v) is 1.30. The third kappa shape index (κ3) is 1.79. The second-order valence-corrected chi connectivity index (χ2v) is 3.11. The van der Waals surface area contributed by atoms with E-state index in [0.717, 1.165) is 23.4 Å². The van der Waals surface area contributed by atoms with Gasteiger partial charge in [-0.25, -0.2) is 0 Å². The molecule has 70 valence electrons. The summed E-state index contributed by atoms with van der Waals surface area (Å²) in [5.74, 6) is 0. The van der Waals surface area contributed by atoms with E-state index < -0.39 is 0 Å². The van der Waals surface area contributed by atoms with Crippen LogP contribution < -0.4 is 0 Å². The van der Waals surface area contributed by atoms with Gasteiger partial charge < -0.3 is 0 Å². The van der Waals surface area contributed by atoms with Crippen LogP contribution in [0.3, 0.4) is 0 Å². The molecule has 0 radical (unpaired) electrons. The SMILES string of the molecule is CCc1cnc(-c2ccccc2)cn1. The Labute approximate surface area is 83.7 Å². The van der Waals surface area contributed by atoms with Crippen molar-refractivity contribution in [1.29, 1.82) is 0 Å². The van der Waals surface area contributed by atoms with Crippen molar-refractivity contribution in [3.05, 3.63) is 48.4 Å². The first-order valence-electron chi connectivity index (χ1n) is 4.76. The summed E-state index contributed by atoms with van der Waals surface area (Å²) < 4.78 is 0. The highest BCUT2D eigenvalue weighted by molar-refractivity contribution is 5.57. The quantitative estimate of drug-likeness (QED) is 0.717. The van der Waals surface area contributed by atoms with Crippen LogP contribution in [0, 0.1) is 0 Å². The van der Waals surface area contributed by atoms with Crippen molar-refractivity contribution < 1.29 is 0 Å². The van der Waals surface area contributed by atoms with Gasteiger partial charge in [-0.3, -0.25) is 9.97 Å². The molecule has 0 aliphatic heterocycles. The summed E-state index contributed by atoms with van der Waals surface area (Å²) in [7, 11) is 0. The number of hydrogen-bond acceptors (Lipinski definition) is 2. The van der Waals surface area contributed by atoms with Gasteiger partial charge in [0.15, 0.2) is 0 Å². The van der Waals surface area contributed by atoms with E-state index in [1.807, 2.05) is 42.7 Å². The predicted octanol–water partition coefficient (Wildman–Crippen LogP) is 2.71. The van der Waals surface area contributed by atoms with Crippen LogP contribution in [0.15, 0.2) is 42.7 Å². The molecule has 0 spiro atoms. The van der Waals surface area contributed by atoms with E-state index in [-0.39, 0.29) is 0 Å². The summed E-state index contributed by atoms with van der Waals surface area (Å²) in [4.78, 5) is 8.67. The van der Waals surface area contributed by atoms with E-state index in [2.05, 4.69) is 16.9 Å². The lowest BCUT2D eigenvalue weighted by Crippen LogP contribution is -1.90. The number of rotatable bonds is 2. The molecule has 2 nitrogen and oxygen atoms in total. The monoisotopic (exact) mass is 184 g/mol. The summed E-state index contributed by atoms with van der Waals surface area (Å²) in [6.45, 7) is 2.08. The van der Waals surface area contributed by atoms with E-state index in [0.29, 0.717) is 0 Å². The largest absolute Gasteiger partial charge is 0.257 e. The number of benzene rings is 1. The van der Waals surface area contributed by atoms with E-state index in [1.165, 1.54) is 0 Å². The third-order valence-corrected chi connectivity index (χ3v) is 2.14. The maximum Gasteiger partial charge on any atom is 0.0885 e. The zero-order valence-corrected chi connectivity index (χ0v) is 8.14. The molecule has 0 aliphatic carbocycles. The molecule has 0 atom stereocenters. The van der Waals surface area contributed by atoms with E-state index in [4.69, 9.17) is 0 Å². The molecular formula is C12H12N2. The molecule has 2 rings (SSSR count). The molecule has 0 aliphatic rings. The molecule has 0 fully saturated rings. The Morgan fingerprint density at radius 1 is 1.00 bits per heavy atom. The maximum absolute atomic E-state index is 4.36. The van der Waals surface area contributed by atoms with Crippen LogP contribution in [-0.2, 0) is 6.42 Å². The summed E-state index contributed by atoms with van der Waals surface area (Å²) in [5, 5.41) is 0. The van der Waals surface area contributed by atoms with Crippen LogP contribution >= 0.6 is 0 Å². The molecule has 0 unspecified atom stereocenters. The molecule has 0 N–H and O–H groups in total. The number of aromatic nitrogens is 2. The Kier molecular flexibility index (Phi) is 2.54. The zero-order chi connectivity index (χ0) is 9.80. The van der Waals surface area contributed by atoms with Gasteiger partial charge >= 0.3 is 0 Å². The van der Waals surface area contributed by atoms with Crippen LogP contribution in [0.5, 0.6) is 0 Å². The van der Waals surface area contributed by atoms with Crippen molar-refractivity contribution in [1.82, 2.24) is 9.97 Å². The number of hydrogen-bond donors (Lipinski definition) is 0. The molecule has 0 bridgehead atoms. The van der Waals surface area contributed by atoms with Crippen molar-refractivity contribution in [2.24, 2.45) is 0 Å². The second kappa shape index (κ2) is 4.01. The van der Waals surface area contributed by atoms with Gasteiger partial charge in [-0.05, 0) is 6.42 Å². The Morgan fingerprint density at radius 3 is 2.36 bits per heavy atom. The summed E-state index contributed by atoms with van der Waals surface area (Å²) in [6, 6.07) is 10.1. The molecular weight excluding hydrogens is 172 g/mol. The van der Waals surface area contributed by atoms with E-state index >= 15 is 0 Å². The Hall–Kier alpha value is -1.70. The first-order valence-corrected chi connectivity index (χ1v) is 4.76. The van der Waals surface area contributed by atoms with Crippen molar-refractivity contribution in [2.75, 3.05) is 0 Å². The molecule has 1 aromatic heterocycles. The molecule has 2 aromatic rings. The minimum absolute atomic E-state index is 0.933. The number of aryl methyl sites for hydroxylation is 1. The second-order valence-electron chi connectivity index (χ2n) is 3.11. The fraction of sp³-hybridized carbons (Fsp3) is 0.167. The third-order valence-electron chi connectivity index (χ3n) is 2.14. The maximum atomic E-state index is 4.36. The van der Waals surface area contributed by atoms with E-state index in [1.54, 1.807) is 0 Å². The topological polar surface area (TPSA) is 25.8 Å². The molecule has 1 aromatic carbocycles.